The molecule has 1 saturated heterocycles. The Balaban J connectivity index is 2.82. The summed E-state index contributed by atoms with van der Waals surface area (Å²) in [7, 11) is 0. The maximum Gasteiger partial charge on any atom is 0.234 e. The lowest BCUT2D eigenvalue weighted by molar-refractivity contribution is -0.141. The molecule has 0 aromatic rings. The summed E-state index contributed by atoms with van der Waals surface area (Å²) in [4.78, 5) is 24.5. The fourth-order valence-electron chi connectivity index (χ4n) is 1.58. The van der Waals surface area contributed by atoms with Crippen LogP contribution < -0.4 is 0 Å². The zero-order chi connectivity index (χ0) is 10.2. The van der Waals surface area contributed by atoms with E-state index in [-0.39, 0.29) is 27.7 Å². The number of amides is 2. The summed E-state index contributed by atoms with van der Waals surface area (Å²) in [5.41, 5.74) is 0. The van der Waals surface area contributed by atoms with Crippen molar-refractivity contribution >= 4 is 34.4 Å². The number of nitrogens with zero attached hydrogens (tertiary/aromatic N) is 1. The molecule has 3 nitrogen and oxygen atoms in total. The van der Waals surface area contributed by atoms with E-state index in [1.54, 1.807) is 0 Å². The average molecular weight is 295 g/mol. The molecule has 2 atom stereocenters. The van der Waals surface area contributed by atoms with Crippen molar-refractivity contribution in [3.8, 4) is 0 Å². The van der Waals surface area contributed by atoms with Gasteiger partial charge in [-0.1, -0.05) is 29.5 Å². The SMILES string of the molecule is CC(I)C1CC(=O)N(C(C)C)C1=O. The third kappa shape index (κ3) is 2.03. The number of alkyl halides is 1. The predicted octanol–water partition coefficient (Wildman–Crippen LogP) is 1.59. The molecule has 1 aliphatic rings. The minimum atomic E-state index is -0.101. The van der Waals surface area contributed by atoms with Gasteiger partial charge in [0.1, 0.15) is 0 Å². The Morgan fingerprint density at radius 1 is 1.38 bits per heavy atom. The maximum atomic E-state index is 11.7. The molecule has 0 N–H and O–H groups in total. The van der Waals surface area contributed by atoms with Gasteiger partial charge in [-0.3, -0.25) is 14.5 Å². The van der Waals surface area contributed by atoms with Crippen molar-refractivity contribution in [3.63, 3.8) is 0 Å². The summed E-state index contributed by atoms with van der Waals surface area (Å²) in [5.74, 6) is -0.120. The van der Waals surface area contributed by atoms with Gasteiger partial charge >= 0.3 is 0 Å². The number of imide groups is 1. The van der Waals surface area contributed by atoms with E-state index < -0.39 is 0 Å². The van der Waals surface area contributed by atoms with Gasteiger partial charge in [0.2, 0.25) is 11.8 Å². The van der Waals surface area contributed by atoms with Crippen molar-refractivity contribution in [2.75, 3.05) is 0 Å². The van der Waals surface area contributed by atoms with E-state index in [2.05, 4.69) is 22.6 Å². The van der Waals surface area contributed by atoms with Crippen molar-refractivity contribution < 1.29 is 9.59 Å². The molecule has 1 heterocycles. The summed E-state index contributed by atoms with van der Waals surface area (Å²) in [5, 5.41) is 0. The molecule has 0 aromatic heterocycles. The van der Waals surface area contributed by atoms with Crippen LogP contribution in [0, 0.1) is 5.92 Å². The summed E-state index contributed by atoms with van der Waals surface area (Å²) < 4.78 is 0.234. The molecular formula is C9H14INO2. The van der Waals surface area contributed by atoms with Crippen LogP contribution in [0.3, 0.4) is 0 Å². The van der Waals surface area contributed by atoms with Gasteiger partial charge in [0.25, 0.3) is 0 Å². The molecule has 74 valence electrons. The highest BCUT2D eigenvalue weighted by Crippen LogP contribution is 2.28. The molecule has 0 radical (unpaired) electrons. The summed E-state index contributed by atoms with van der Waals surface area (Å²) >= 11 is 2.20. The smallest absolute Gasteiger partial charge is 0.234 e. The first-order valence-electron chi connectivity index (χ1n) is 4.45. The van der Waals surface area contributed by atoms with E-state index in [1.165, 1.54) is 4.90 Å². The highest BCUT2D eigenvalue weighted by molar-refractivity contribution is 14.1. The molecule has 0 saturated carbocycles. The van der Waals surface area contributed by atoms with Gasteiger partial charge in [0.15, 0.2) is 0 Å². The van der Waals surface area contributed by atoms with Crippen LogP contribution in [0.2, 0.25) is 0 Å². The third-order valence-corrected chi connectivity index (χ3v) is 3.16. The minimum Gasteiger partial charge on any atom is -0.280 e. The number of rotatable bonds is 2. The molecule has 1 fully saturated rings. The van der Waals surface area contributed by atoms with Crippen LogP contribution in [0.5, 0.6) is 0 Å². The van der Waals surface area contributed by atoms with Crippen LogP contribution in [0.15, 0.2) is 0 Å². The molecule has 0 aromatic carbocycles. The maximum absolute atomic E-state index is 11.7. The summed E-state index contributed by atoms with van der Waals surface area (Å²) in [6.07, 6.45) is 0.390. The monoisotopic (exact) mass is 295 g/mol. The molecule has 1 rings (SSSR count). The fourth-order valence-corrected chi connectivity index (χ4v) is 2.14. The van der Waals surface area contributed by atoms with E-state index in [0.29, 0.717) is 6.42 Å². The molecule has 1 aliphatic heterocycles. The van der Waals surface area contributed by atoms with Crippen LogP contribution in [-0.2, 0) is 9.59 Å². The van der Waals surface area contributed by atoms with Crippen molar-refractivity contribution in [3.05, 3.63) is 0 Å². The fraction of sp³-hybridized carbons (Fsp3) is 0.778. The van der Waals surface area contributed by atoms with Gasteiger partial charge in [-0.05, 0) is 13.8 Å². The second kappa shape index (κ2) is 3.94. The van der Waals surface area contributed by atoms with E-state index in [9.17, 15) is 9.59 Å². The average Bonchev–Trinajstić information content (AvgIpc) is 2.26. The molecular weight excluding hydrogens is 281 g/mol. The Hall–Kier alpha value is -0.130. The number of hydrogen-bond acceptors (Lipinski definition) is 2. The van der Waals surface area contributed by atoms with Crippen LogP contribution in [0.25, 0.3) is 0 Å². The number of hydrogen-bond donors (Lipinski definition) is 0. The normalized spacial score (nSPS) is 25.9. The zero-order valence-corrected chi connectivity index (χ0v) is 10.2. The molecule has 2 amide bonds. The number of carbonyl (C=O) groups is 2. The van der Waals surface area contributed by atoms with Crippen LogP contribution >= 0.6 is 22.6 Å². The predicted molar refractivity (Wildman–Crippen MR) is 58.6 cm³/mol. The van der Waals surface area contributed by atoms with E-state index >= 15 is 0 Å². The Morgan fingerprint density at radius 2 is 1.92 bits per heavy atom. The first-order valence-corrected chi connectivity index (χ1v) is 5.69. The Bertz CT molecular complexity index is 238. The van der Waals surface area contributed by atoms with Crippen molar-refractivity contribution in [1.29, 1.82) is 0 Å². The van der Waals surface area contributed by atoms with Gasteiger partial charge in [0.05, 0.1) is 5.92 Å². The molecule has 4 heteroatoms. The lowest BCUT2D eigenvalue weighted by Crippen LogP contribution is -2.37. The van der Waals surface area contributed by atoms with Crippen molar-refractivity contribution in [1.82, 2.24) is 4.90 Å². The van der Waals surface area contributed by atoms with Crippen LogP contribution in [0.4, 0.5) is 0 Å². The highest BCUT2D eigenvalue weighted by Gasteiger charge is 2.41. The zero-order valence-electron chi connectivity index (χ0n) is 8.08. The third-order valence-electron chi connectivity index (χ3n) is 2.29. The summed E-state index contributed by atoms with van der Waals surface area (Å²) in [6.45, 7) is 5.71. The largest absolute Gasteiger partial charge is 0.280 e. The lowest BCUT2D eigenvalue weighted by atomic mass is 10.1. The molecule has 2 unspecified atom stereocenters. The van der Waals surface area contributed by atoms with Crippen molar-refractivity contribution in [2.45, 2.75) is 37.2 Å². The van der Waals surface area contributed by atoms with Crippen molar-refractivity contribution in [2.24, 2.45) is 5.92 Å². The summed E-state index contributed by atoms with van der Waals surface area (Å²) in [6, 6.07) is 0.000139. The van der Waals surface area contributed by atoms with Gasteiger partial charge in [0, 0.05) is 16.4 Å². The number of halogens is 1. The number of carbonyl (C=O) groups excluding carboxylic acids is 2. The Kier molecular flexibility index (Phi) is 3.32. The quantitative estimate of drug-likeness (QED) is 0.441. The van der Waals surface area contributed by atoms with Crippen LogP contribution in [0.1, 0.15) is 27.2 Å². The number of likely N-dealkylation sites (tertiary alicyclic amines) is 1. The topological polar surface area (TPSA) is 37.4 Å². The van der Waals surface area contributed by atoms with E-state index in [4.69, 9.17) is 0 Å². The Morgan fingerprint density at radius 3 is 2.15 bits per heavy atom. The standard InChI is InChI=1S/C9H14INO2/c1-5(2)11-8(12)4-7(6(3)10)9(11)13/h5-7H,4H2,1-3H3. The molecule has 0 spiro atoms. The first-order chi connectivity index (χ1) is 5.95. The Labute approximate surface area is 92.0 Å². The second-order valence-electron chi connectivity index (χ2n) is 3.68. The molecule has 0 aliphatic carbocycles. The van der Waals surface area contributed by atoms with Gasteiger partial charge < -0.3 is 0 Å². The van der Waals surface area contributed by atoms with Gasteiger partial charge in [-0.25, -0.2) is 0 Å². The lowest BCUT2D eigenvalue weighted by Gasteiger charge is -2.19. The minimum absolute atomic E-state index is 0.000139. The van der Waals surface area contributed by atoms with E-state index in [0.717, 1.165) is 0 Å². The van der Waals surface area contributed by atoms with Gasteiger partial charge in [-0.15, -0.1) is 0 Å². The second-order valence-corrected chi connectivity index (χ2v) is 5.65. The van der Waals surface area contributed by atoms with E-state index in [1.807, 2.05) is 20.8 Å². The first kappa shape index (κ1) is 10.9. The molecule has 13 heavy (non-hydrogen) atoms. The highest BCUT2D eigenvalue weighted by atomic mass is 127. The van der Waals surface area contributed by atoms with Gasteiger partial charge in [-0.2, -0.15) is 0 Å². The van der Waals surface area contributed by atoms with Crippen LogP contribution in [-0.4, -0.2) is 26.7 Å². The molecule has 0 bridgehead atoms.